The number of nitrogens with two attached hydrogens (primary N) is 1. The third-order valence-electron chi connectivity index (χ3n) is 3.19. The van der Waals surface area contributed by atoms with Gasteiger partial charge in [0.15, 0.2) is 5.89 Å². The third-order valence-corrected chi connectivity index (χ3v) is 3.19. The molecule has 0 bridgehead atoms. The summed E-state index contributed by atoms with van der Waals surface area (Å²) in [7, 11) is 4.13. The van der Waals surface area contributed by atoms with Crippen molar-refractivity contribution in [2.75, 3.05) is 27.2 Å². The Hall–Kier alpha value is -0.870. The number of hydrogen-bond donors (Lipinski definition) is 1. The highest BCUT2D eigenvalue weighted by Crippen LogP contribution is 2.25. The summed E-state index contributed by atoms with van der Waals surface area (Å²) < 4.78 is 5.77. The number of rotatable bonds is 4. The molecule has 1 aliphatic rings. The van der Waals surface area contributed by atoms with Crippen molar-refractivity contribution in [1.29, 1.82) is 0 Å². The zero-order valence-electron chi connectivity index (χ0n) is 10.2. The van der Waals surface area contributed by atoms with Gasteiger partial charge in [-0.25, -0.2) is 4.98 Å². The van der Waals surface area contributed by atoms with Crippen LogP contribution in [0.15, 0.2) is 4.42 Å². The molecule has 1 aliphatic carbocycles. The lowest BCUT2D eigenvalue weighted by atomic mass is 9.90. The van der Waals surface area contributed by atoms with Crippen LogP contribution >= 0.6 is 0 Å². The first kappa shape index (κ1) is 11.6. The quantitative estimate of drug-likeness (QED) is 0.822. The molecule has 2 rings (SSSR count). The molecule has 0 radical (unpaired) electrons. The number of aryl methyl sites for hydroxylation is 1. The van der Waals surface area contributed by atoms with Gasteiger partial charge in [0.1, 0.15) is 5.76 Å². The normalized spacial score (nSPS) is 20.1. The maximum atomic E-state index is 5.77. The minimum absolute atomic E-state index is 0.597. The van der Waals surface area contributed by atoms with Gasteiger partial charge in [0, 0.05) is 19.4 Å². The van der Waals surface area contributed by atoms with E-state index < -0.39 is 0 Å². The van der Waals surface area contributed by atoms with Gasteiger partial charge in [0.25, 0.3) is 0 Å². The molecular formula is C12H21N3O. The van der Waals surface area contributed by atoms with Gasteiger partial charge in [0.2, 0.25) is 0 Å². The predicted octanol–water partition coefficient (Wildman–Crippen LogP) is 0.842. The van der Waals surface area contributed by atoms with Crippen LogP contribution in [0, 0.1) is 5.92 Å². The summed E-state index contributed by atoms with van der Waals surface area (Å²) >= 11 is 0. The minimum Gasteiger partial charge on any atom is -0.445 e. The van der Waals surface area contributed by atoms with Gasteiger partial charge in [-0.2, -0.15) is 0 Å². The molecule has 2 N–H and O–H groups in total. The zero-order chi connectivity index (χ0) is 11.5. The van der Waals surface area contributed by atoms with E-state index in [0.29, 0.717) is 5.92 Å². The van der Waals surface area contributed by atoms with Crippen LogP contribution < -0.4 is 5.73 Å². The monoisotopic (exact) mass is 223 g/mol. The van der Waals surface area contributed by atoms with Gasteiger partial charge >= 0.3 is 0 Å². The molecule has 0 saturated heterocycles. The van der Waals surface area contributed by atoms with Crippen LogP contribution in [0.25, 0.3) is 0 Å². The van der Waals surface area contributed by atoms with Crippen molar-refractivity contribution in [2.24, 2.45) is 11.7 Å². The lowest BCUT2D eigenvalue weighted by Crippen LogP contribution is -2.21. The second-order valence-electron chi connectivity index (χ2n) is 4.88. The Labute approximate surface area is 96.8 Å². The maximum Gasteiger partial charge on any atom is 0.195 e. The zero-order valence-corrected chi connectivity index (χ0v) is 10.2. The fraction of sp³-hybridized carbons (Fsp3) is 0.750. The summed E-state index contributed by atoms with van der Waals surface area (Å²) in [6.07, 6.45) is 4.04. The van der Waals surface area contributed by atoms with Crippen LogP contribution in [0.2, 0.25) is 0 Å². The molecule has 1 aromatic rings. The van der Waals surface area contributed by atoms with E-state index in [-0.39, 0.29) is 0 Å². The van der Waals surface area contributed by atoms with Crippen molar-refractivity contribution in [3.8, 4) is 0 Å². The van der Waals surface area contributed by atoms with Gasteiger partial charge in [-0.05, 0) is 39.4 Å². The fourth-order valence-electron chi connectivity index (χ4n) is 2.13. The molecule has 0 aliphatic heterocycles. The van der Waals surface area contributed by atoms with Crippen molar-refractivity contribution in [2.45, 2.75) is 25.7 Å². The van der Waals surface area contributed by atoms with Gasteiger partial charge in [-0.15, -0.1) is 0 Å². The van der Waals surface area contributed by atoms with E-state index in [0.717, 1.165) is 56.1 Å². The highest BCUT2D eigenvalue weighted by atomic mass is 16.4. The molecule has 1 atom stereocenters. The van der Waals surface area contributed by atoms with E-state index >= 15 is 0 Å². The Bertz CT molecular complexity index is 346. The summed E-state index contributed by atoms with van der Waals surface area (Å²) in [5.74, 6) is 2.58. The topological polar surface area (TPSA) is 55.3 Å². The lowest BCUT2D eigenvalue weighted by molar-refractivity contribution is 0.366. The lowest BCUT2D eigenvalue weighted by Gasteiger charge is -2.17. The van der Waals surface area contributed by atoms with E-state index in [4.69, 9.17) is 10.2 Å². The van der Waals surface area contributed by atoms with Crippen LogP contribution in [0.5, 0.6) is 0 Å². The maximum absolute atomic E-state index is 5.77. The van der Waals surface area contributed by atoms with Crippen molar-refractivity contribution in [3.63, 3.8) is 0 Å². The van der Waals surface area contributed by atoms with Crippen LogP contribution in [-0.2, 0) is 19.3 Å². The number of oxazole rings is 1. The van der Waals surface area contributed by atoms with Crippen molar-refractivity contribution in [1.82, 2.24) is 9.88 Å². The SMILES string of the molecule is CN(C)CCc1nc2c(o1)CCC(CN)C2. The first-order valence-corrected chi connectivity index (χ1v) is 6.01. The molecule has 0 fully saturated rings. The predicted molar refractivity (Wildman–Crippen MR) is 63.3 cm³/mol. The molecule has 0 amide bonds. The van der Waals surface area contributed by atoms with Crippen molar-refractivity contribution < 1.29 is 4.42 Å². The Balaban J connectivity index is 2.01. The van der Waals surface area contributed by atoms with E-state index in [2.05, 4.69) is 24.0 Å². The van der Waals surface area contributed by atoms with E-state index in [1.807, 2.05) is 0 Å². The summed E-state index contributed by atoms with van der Waals surface area (Å²) in [4.78, 5) is 6.72. The standard InChI is InChI=1S/C12H21N3O/c1-15(2)6-5-12-14-10-7-9(8-13)3-4-11(10)16-12/h9H,3-8,13H2,1-2H3. The van der Waals surface area contributed by atoms with E-state index in [9.17, 15) is 0 Å². The van der Waals surface area contributed by atoms with Crippen LogP contribution in [0.1, 0.15) is 23.8 Å². The molecule has 1 unspecified atom stereocenters. The highest BCUT2D eigenvalue weighted by molar-refractivity contribution is 5.14. The third kappa shape index (κ3) is 2.62. The summed E-state index contributed by atoms with van der Waals surface area (Å²) in [5.41, 5.74) is 6.85. The first-order chi connectivity index (χ1) is 7.69. The molecule has 0 aromatic carbocycles. The molecular weight excluding hydrogens is 202 g/mol. The summed E-state index contributed by atoms with van der Waals surface area (Å²) in [6, 6.07) is 0. The Morgan fingerprint density at radius 1 is 1.50 bits per heavy atom. The van der Waals surface area contributed by atoms with Crippen LogP contribution in [-0.4, -0.2) is 37.1 Å². The average molecular weight is 223 g/mol. The molecule has 1 heterocycles. The molecule has 90 valence electrons. The summed E-state index contributed by atoms with van der Waals surface area (Å²) in [6.45, 7) is 1.75. The fourth-order valence-corrected chi connectivity index (χ4v) is 2.13. The molecule has 0 spiro atoms. The second kappa shape index (κ2) is 4.97. The molecule has 0 saturated carbocycles. The van der Waals surface area contributed by atoms with E-state index in [1.165, 1.54) is 0 Å². The van der Waals surface area contributed by atoms with Gasteiger partial charge < -0.3 is 15.1 Å². The largest absolute Gasteiger partial charge is 0.445 e. The summed E-state index contributed by atoms with van der Waals surface area (Å²) in [5, 5.41) is 0. The Morgan fingerprint density at radius 3 is 3.00 bits per heavy atom. The van der Waals surface area contributed by atoms with Gasteiger partial charge in [-0.3, -0.25) is 0 Å². The average Bonchev–Trinajstić information content (AvgIpc) is 2.67. The second-order valence-corrected chi connectivity index (χ2v) is 4.88. The van der Waals surface area contributed by atoms with Gasteiger partial charge in [-0.1, -0.05) is 0 Å². The number of aromatic nitrogens is 1. The molecule has 4 heteroatoms. The van der Waals surface area contributed by atoms with Crippen LogP contribution in [0.4, 0.5) is 0 Å². The number of fused-ring (bicyclic) bond motifs is 1. The number of likely N-dealkylation sites (N-methyl/N-ethyl adjacent to an activating group) is 1. The number of hydrogen-bond acceptors (Lipinski definition) is 4. The van der Waals surface area contributed by atoms with Crippen LogP contribution in [0.3, 0.4) is 0 Å². The molecule has 16 heavy (non-hydrogen) atoms. The molecule has 4 nitrogen and oxygen atoms in total. The number of nitrogens with zero attached hydrogens (tertiary/aromatic N) is 2. The Morgan fingerprint density at radius 2 is 2.31 bits per heavy atom. The smallest absolute Gasteiger partial charge is 0.195 e. The van der Waals surface area contributed by atoms with E-state index in [1.54, 1.807) is 0 Å². The molecule has 1 aromatic heterocycles. The van der Waals surface area contributed by atoms with Crippen molar-refractivity contribution in [3.05, 3.63) is 17.3 Å². The minimum atomic E-state index is 0.597. The van der Waals surface area contributed by atoms with Crippen molar-refractivity contribution >= 4 is 0 Å². The first-order valence-electron chi connectivity index (χ1n) is 6.01. The van der Waals surface area contributed by atoms with Gasteiger partial charge in [0.05, 0.1) is 5.69 Å². The Kier molecular flexibility index (Phi) is 3.61. The highest BCUT2D eigenvalue weighted by Gasteiger charge is 2.22.